The van der Waals surface area contributed by atoms with Gasteiger partial charge in [0.05, 0.1) is 19.4 Å². The molecule has 0 radical (unpaired) electrons. The minimum absolute atomic E-state index is 0.0782. The van der Waals surface area contributed by atoms with E-state index in [9.17, 15) is 4.79 Å². The monoisotopic (exact) mass is 223 g/mol. The molecule has 2 heterocycles. The van der Waals surface area contributed by atoms with Gasteiger partial charge in [0.25, 0.3) is 0 Å². The molecule has 0 spiro atoms. The molecule has 1 aromatic rings. The Morgan fingerprint density at radius 3 is 3.31 bits per heavy atom. The zero-order chi connectivity index (χ0) is 11.2. The normalized spacial score (nSPS) is 19.4. The quantitative estimate of drug-likeness (QED) is 0.784. The molecular weight excluding hydrogens is 210 g/mol. The summed E-state index contributed by atoms with van der Waals surface area (Å²) in [7, 11) is 0. The van der Waals surface area contributed by atoms with Gasteiger partial charge in [-0.2, -0.15) is 0 Å². The molecule has 1 saturated heterocycles. The molecule has 6 heteroatoms. The smallest absolute Gasteiger partial charge is 0.412 e. The number of carbonyl (C=O) groups is 1. The number of pyridine rings is 1. The number of nitrogens with zero attached hydrogens (tertiary/aromatic N) is 1. The Morgan fingerprint density at radius 1 is 1.69 bits per heavy atom. The lowest BCUT2D eigenvalue weighted by molar-refractivity contribution is 0.143. The molecule has 1 unspecified atom stereocenters. The molecule has 1 fully saturated rings. The largest absolute Gasteiger partial charge is 0.448 e. The molecule has 86 valence electrons. The molecule has 1 amide bonds. The zero-order valence-electron chi connectivity index (χ0n) is 8.68. The Morgan fingerprint density at radius 2 is 2.62 bits per heavy atom. The third kappa shape index (κ3) is 3.18. The third-order valence-electron chi connectivity index (χ3n) is 2.10. The van der Waals surface area contributed by atoms with Gasteiger partial charge >= 0.3 is 6.09 Å². The van der Waals surface area contributed by atoms with Gasteiger partial charge in [-0.25, -0.2) is 9.78 Å². The number of aromatic nitrogens is 1. The van der Waals surface area contributed by atoms with E-state index in [1.54, 1.807) is 24.4 Å². The van der Waals surface area contributed by atoms with E-state index in [2.05, 4.69) is 15.6 Å². The maximum Gasteiger partial charge on any atom is 0.412 e. The van der Waals surface area contributed by atoms with Crippen molar-refractivity contribution in [2.24, 2.45) is 0 Å². The average Bonchev–Trinajstić information content (AvgIpc) is 2.81. The van der Waals surface area contributed by atoms with E-state index in [0.717, 1.165) is 0 Å². The Bertz CT molecular complexity index is 338. The summed E-state index contributed by atoms with van der Waals surface area (Å²) < 4.78 is 10.1. The van der Waals surface area contributed by atoms with Crippen LogP contribution in [0, 0.1) is 0 Å². The van der Waals surface area contributed by atoms with Crippen LogP contribution in [-0.4, -0.2) is 37.1 Å². The van der Waals surface area contributed by atoms with Gasteiger partial charge in [0, 0.05) is 6.20 Å². The Balaban J connectivity index is 1.72. The molecule has 1 atom stereocenters. The standard InChI is InChI=1S/C10H13N3O3/c14-10(13-9-3-1-2-4-11-9)16-6-8-5-15-7-12-8/h1-4,8,12H,5-7H2,(H,11,13,14). The number of hydrogen-bond acceptors (Lipinski definition) is 5. The van der Waals surface area contributed by atoms with Gasteiger partial charge < -0.3 is 9.47 Å². The maximum absolute atomic E-state index is 11.3. The molecule has 1 aromatic heterocycles. The number of carbonyl (C=O) groups excluding carboxylic acids is 1. The van der Waals surface area contributed by atoms with E-state index in [1.807, 2.05) is 0 Å². The molecule has 1 aliphatic heterocycles. The Labute approximate surface area is 93.0 Å². The predicted octanol–water partition coefficient (Wildman–Crippen LogP) is 0.576. The fraction of sp³-hybridized carbons (Fsp3) is 0.400. The zero-order valence-corrected chi connectivity index (χ0v) is 8.68. The van der Waals surface area contributed by atoms with Crippen LogP contribution >= 0.6 is 0 Å². The lowest BCUT2D eigenvalue weighted by Crippen LogP contribution is -2.31. The second-order valence-corrected chi connectivity index (χ2v) is 3.35. The minimum atomic E-state index is -0.507. The first-order valence-corrected chi connectivity index (χ1v) is 5.00. The summed E-state index contributed by atoms with van der Waals surface area (Å²) in [6.07, 6.45) is 1.09. The molecule has 0 aliphatic carbocycles. The van der Waals surface area contributed by atoms with Crippen molar-refractivity contribution in [1.29, 1.82) is 0 Å². The van der Waals surface area contributed by atoms with Crippen LogP contribution in [0.1, 0.15) is 0 Å². The molecule has 2 rings (SSSR count). The molecule has 16 heavy (non-hydrogen) atoms. The topological polar surface area (TPSA) is 72.5 Å². The fourth-order valence-corrected chi connectivity index (χ4v) is 1.30. The highest BCUT2D eigenvalue weighted by molar-refractivity contribution is 5.83. The van der Waals surface area contributed by atoms with Crippen molar-refractivity contribution in [3.8, 4) is 0 Å². The van der Waals surface area contributed by atoms with Gasteiger partial charge in [0.15, 0.2) is 0 Å². The summed E-state index contributed by atoms with van der Waals surface area (Å²) in [6.45, 7) is 1.37. The highest BCUT2D eigenvalue weighted by atomic mass is 16.6. The van der Waals surface area contributed by atoms with Crippen molar-refractivity contribution in [2.75, 3.05) is 25.3 Å². The van der Waals surface area contributed by atoms with Crippen LogP contribution in [0.2, 0.25) is 0 Å². The SMILES string of the molecule is O=C(Nc1ccccn1)OCC1COCN1. The molecule has 0 saturated carbocycles. The first kappa shape index (κ1) is 10.8. The van der Waals surface area contributed by atoms with Crippen LogP contribution in [0.5, 0.6) is 0 Å². The van der Waals surface area contributed by atoms with Gasteiger partial charge in [0.2, 0.25) is 0 Å². The van der Waals surface area contributed by atoms with Crippen molar-refractivity contribution < 1.29 is 14.3 Å². The summed E-state index contributed by atoms with van der Waals surface area (Å²) in [4.78, 5) is 15.3. The van der Waals surface area contributed by atoms with E-state index in [4.69, 9.17) is 9.47 Å². The van der Waals surface area contributed by atoms with Crippen LogP contribution in [0.4, 0.5) is 10.6 Å². The first-order chi connectivity index (χ1) is 7.84. The fourth-order valence-electron chi connectivity index (χ4n) is 1.30. The van der Waals surface area contributed by atoms with Gasteiger partial charge in [-0.05, 0) is 12.1 Å². The first-order valence-electron chi connectivity index (χ1n) is 5.00. The van der Waals surface area contributed by atoms with E-state index >= 15 is 0 Å². The Kier molecular flexibility index (Phi) is 3.68. The number of rotatable bonds is 3. The van der Waals surface area contributed by atoms with E-state index in [1.165, 1.54) is 0 Å². The number of nitrogens with one attached hydrogen (secondary N) is 2. The van der Waals surface area contributed by atoms with Gasteiger partial charge in [-0.3, -0.25) is 10.6 Å². The minimum Gasteiger partial charge on any atom is -0.448 e. The molecule has 6 nitrogen and oxygen atoms in total. The molecule has 0 aromatic carbocycles. The highest BCUT2D eigenvalue weighted by Gasteiger charge is 2.16. The lowest BCUT2D eigenvalue weighted by atomic mass is 10.4. The van der Waals surface area contributed by atoms with Gasteiger partial charge in [-0.1, -0.05) is 6.07 Å². The molecule has 1 aliphatic rings. The summed E-state index contributed by atoms with van der Waals surface area (Å²) >= 11 is 0. The third-order valence-corrected chi connectivity index (χ3v) is 2.10. The summed E-state index contributed by atoms with van der Waals surface area (Å²) in [6, 6.07) is 5.33. The number of ether oxygens (including phenoxy) is 2. The number of hydrogen-bond donors (Lipinski definition) is 2. The predicted molar refractivity (Wildman–Crippen MR) is 57.0 cm³/mol. The second kappa shape index (κ2) is 5.43. The van der Waals surface area contributed by atoms with E-state index in [-0.39, 0.29) is 6.04 Å². The van der Waals surface area contributed by atoms with E-state index < -0.39 is 6.09 Å². The number of amides is 1. The lowest BCUT2D eigenvalue weighted by Gasteiger charge is -2.09. The maximum atomic E-state index is 11.3. The van der Waals surface area contributed by atoms with Crippen LogP contribution < -0.4 is 10.6 Å². The van der Waals surface area contributed by atoms with Crippen LogP contribution in [0.25, 0.3) is 0 Å². The van der Waals surface area contributed by atoms with Crippen LogP contribution in [0.15, 0.2) is 24.4 Å². The van der Waals surface area contributed by atoms with Crippen molar-refractivity contribution in [3.05, 3.63) is 24.4 Å². The highest BCUT2D eigenvalue weighted by Crippen LogP contribution is 2.01. The number of anilines is 1. The van der Waals surface area contributed by atoms with Crippen LogP contribution in [-0.2, 0) is 9.47 Å². The van der Waals surface area contributed by atoms with Crippen LogP contribution in [0.3, 0.4) is 0 Å². The summed E-state index contributed by atoms with van der Waals surface area (Å²) in [5.74, 6) is 0.475. The van der Waals surface area contributed by atoms with Gasteiger partial charge in [-0.15, -0.1) is 0 Å². The summed E-state index contributed by atoms with van der Waals surface area (Å²) in [5, 5.41) is 5.56. The summed E-state index contributed by atoms with van der Waals surface area (Å²) in [5.41, 5.74) is 0. The van der Waals surface area contributed by atoms with Gasteiger partial charge in [0.1, 0.15) is 12.4 Å². The van der Waals surface area contributed by atoms with Crippen molar-refractivity contribution >= 4 is 11.9 Å². The van der Waals surface area contributed by atoms with Crippen molar-refractivity contribution in [2.45, 2.75) is 6.04 Å². The van der Waals surface area contributed by atoms with E-state index in [0.29, 0.717) is 25.8 Å². The van der Waals surface area contributed by atoms with Crippen molar-refractivity contribution in [3.63, 3.8) is 0 Å². The Hall–Kier alpha value is -1.66. The average molecular weight is 223 g/mol. The second-order valence-electron chi connectivity index (χ2n) is 3.35. The van der Waals surface area contributed by atoms with Crippen molar-refractivity contribution in [1.82, 2.24) is 10.3 Å². The molecular formula is C10H13N3O3. The molecule has 2 N–H and O–H groups in total. The molecule has 0 bridgehead atoms.